The third-order valence-corrected chi connectivity index (χ3v) is 6.49. The molecule has 0 spiro atoms. The summed E-state index contributed by atoms with van der Waals surface area (Å²) in [7, 11) is 0. The van der Waals surface area contributed by atoms with Crippen LogP contribution in [0.5, 0.6) is 0 Å². The van der Waals surface area contributed by atoms with Crippen LogP contribution >= 0.6 is 11.8 Å². The fourth-order valence-electron chi connectivity index (χ4n) is 3.85. The van der Waals surface area contributed by atoms with Gasteiger partial charge in [0.05, 0.1) is 45.1 Å². The van der Waals surface area contributed by atoms with Gasteiger partial charge in [0.25, 0.3) is 11.6 Å². The van der Waals surface area contributed by atoms with Gasteiger partial charge < -0.3 is 20.4 Å². The molecule has 0 saturated carbocycles. The molecule has 0 aliphatic carbocycles. The molecule has 0 bridgehead atoms. The molecule has 0 fully saturated rings. The second kappa shape index (κ2) is 11.3. The summed E-state index contributed by atoms with van der Waals surface area (Å²) in [6.07, 6.45) is 1.46. The van der Waals surface area contributed by atoms with Gasteiger partial charge in [-0.3, -0.25) is 19.7 Å². The minimum atomic E-state index is -0.800. The fourth-order valence-corrected chi connectivity index (χ4v) is 4.74. The molecule has 0 radical (unpaired) electrons. The molecule has 0 saturated heterocycles. The number of furan rings is 1. The minimum absolute atomic E-state index is 0.0774. The number of benzene rings is 2. The maximum Gasteiger partial charge on any atom is 0.292 e. The van der Waals surface area contributed by atoms with Crippen molar-refractivity contribution in [2.24, 2.45) is 0 Å². The highest BCUT2D eigenvalue weighted by molar-refractivity contribution is 8.03. The lowest BCUT2D eigenvalue weighted by molar-refractivity contribution is -0.383. The van der Waals surface area contributed by atoms with E-state index >= 15 is 0 Å². The van der Waals surface area contributed by atoms with Gasteiger partial charge in [-0.25, -0.2) is 0 Å². The Morgan fingerprint density at radius 2 is 1.84 bits per heavy atom. The van der Waals surface area contributed by atoms with Gasteiger partial charge in [0.1, 0.15) is 11.4 Å². The van der Waals surface area contributed by atoms with Crippen molar-refractivity contribution in [3.63, 3.8) is 0 Å². The third kappa shape index (κ3) is 5.71. The molecule has 10 nitrogen and oxygen atoms in total. The zero-order valence-corrected chi connectivity index (χ0v) is 20.4. The maximum atomic E-state index is 13.3. The number of nitriles is 1. The van der Waals surface area contributed by atoms with Gasteiger partial charge in [0, 0.05) is 17.5 Å². The van der Waals surface area contributed by atoms with E-state index in [0.717, 1.165) is 11.8 Å². The van der Waals surface area contributed by atoms with Gasteiger partial charge in [-0.15, -0.1) is 0 Å². The van der Waals surface area contributed by atoms with E-state index in [1.807, 2.05) is 6.07 Å². The molecule has 186 valence electrons. The zero-order valence-electron chi connectivity index (χ0n) is 19.6. The maximum absolute atomic E-state index is 13.3. The van der Waals surface area contributed by atoms with Crippen molar-refractivity contribution >= 4 is 40.6 Å². The number of nitrogens with zero attached hydrogens (tertiary/aromatic N) is 2. The van der Waals surface area contributed by atoms with Crippen molar-refractivity contribution in [2.45, 2.75) is 12.8 Å². The van der Waals surface area contributed by atoms with Crippen molar-refractivity contribution in [1.82, 2.24) is 5.32 Å². The van der Waals surface area contributed by atoms with E-state index < -0.39 is 22.7 Å². The van der Waals surface area contributed by atoms with Crippen LogP contribution in [0.4, 0.5) is 17.1 Å². The molecule has 1 atom stereocenters. The van der Waals surface area contributed by atoms with Crippen molar-refractivity contribution in [1.29, 1.82) is 5.26 Å². The lowest BCUT2D eigenvalue weighted by atomic mass is 9.85. The Hall–Kier alpha value is -4.82. The first-order valence-electron chi connectivity index (χ1n) is 11.1. The summed E-state index contributed by atoms with van der Waals surface area (Å²) in [6, 6.07) is 20.3. The second-order valence-corrected chi connectivity index (χ2v) is 8.88. The van der Waals surface area contributed by atoms with E-state index in [1.54, 1.807) is 49.4 Å². The Morgan fingerprint density at radius 1 is 1.11 bits per heavy atom. The van der Waals surface area contributed by atoms with Crippen LogP contribution in [0.25, 0.3) is 0 Å². The molecule has 1 aliphatic heterocycles. The molecule has 2 amide bonds. The van der Waals surface area contributed by atoms with Crippen LogP contribution in [0, 0.1) is 21.4 Å². The Kier molecular flexibility index (Phi) is 7.71. The van der Waals surface area contributed by atoms with E-state index in [0.29, 0.717) is 27.7 Å². The first kappa shape index (κ1) is 25.3. The first-order chi connectivity index (χ1) is 17.9. The number of nitrogens with one attached hydrogen (secondary N) is 3. The monoisotopic (exact) mass is 515 g/mol. The van der Waals surface area contributed by atoms with E-state index in [2.05, 4.69) is 22.0 Å². The minimum Gasteiger partial charge on any atom is -0.468 e. The normalized spacial score (nSPS) is 15.0. The summed E-state index contributed by atoms with van der Waals surface area (Å²) >= 11 is 1.05. The Balaban J connectivity index is 1.58. The summed E-state index contributed by atoms with van der Waals surface area (Å²) in [5.74, 6) is -1.43. The predicted molar refractivity (Wildman–Crippen MR) is 139 cm³/mol. The molecule has 2 heterocycles. The van der Waals surface area contributed by atoms with Gasteiger partial charge in [0.15, 0.2) is 0 Å². The van der Waals surface area contributed by atoms with Crippen LogP contribution in [0.3, 0.4) is 0 Å². The van der Waals surface area contributed by atoms with Crippen LogP contribution in [0.1, 0.15) is 18.6 Å². The summed E-state index contributed by atoms with van der Waals surface area (Å²) in [5.41, 5.74) is 1.47. The predicted octanol–water partition coefficient (Wildman–Crippen LogP) is 4.89. The van der Waals surface area contributed by atoms with Crippen molar-refractivity contribution in [3.8, 4) is 6.07 Å². The van der Waals surface area contributed by atoms with Gasteiger partial charge in [-0.1, -0.05) is 42.1 Å². The van der Waals surface area contributed by atoms with E-state index in [1.165, 1.54) is 24.5 Å². The molecule has 11 heteroatoms. The number of nitro benzene ring substituents is 1. The number of para-hydroxylation sites is 3. The smallest absolute Gasteiger partial charge is 0.292 e. The second-order valence-electron chi connectivity index (χ2n) is 7.90. The number of thioether (sulfide) groups is 1. The number of hydrogen-bond acceptors (Lipinski definition) is 8. The number of rotatable bonds is 8. The summed E-state index contributed by atoms with van der Waals surface area (Å²) in [4.78, 5) is 36.6. The fraction of sp³-hybridized carbons (Fsp3) is 0.115. The van der Waals surface area contributed by atoms with Gasteiger partial charge in [-0.2, -0.15) is 5.26 Å². The summed E-state index contributed by atoms with van der Waals surface area (Å²) in [5, 5.41) is 30.2. The largest absolute Gasteiger partial charge is 0.468 e. The van der Waals surface area contributed by atoms with Crippen molar-refractivity contribution < 1.29 is 18.9 Å². The number of nitro groups is 1. The van der Waals surface area contributed by atoms with Crippen LogP contribution in [-0.4, -0.2) is 22.5 Å². The first-order valence-corrected chi connectivity index (χ1v) is 12.1. The zero-order chi connectivity index (χ0) is 26.4. The molecule has 0 unspecified atom stereocenters. The Morgan fingerprint density at radius 3 is 2.51 bits per heavy atom. The summed E-state index contributed by atoms with van der Waals surface area (Å²) in [6.45, 7) is 1.71. The molecule has 3 N–H and O–H groups in total. The summed E-state index contributed by atoms with van der Waals surface area (Å²) < 4.78 is 5.59. The molecule has 4 rings (SSSR count). The van der Waals surface area contributed by atoms with Crippen molar-refractivity contribution in [2.75, 3.05) is 16.4 Å². The lowest BCUT2D eigenvalue weighted by Gasteiger charge is -2.28. The highest BCUT2D eigenvalue weighted by Gasteiger charge is 2.36. The highest BCUT2D eigenvalue weighted by atomic mass is 32.2. The number of carbonyl (C=O) groups is 2. The van der Waals surface area contributed by atoms with Crippen LogP contribution in [0.2, 0.25) is 0 Å². The molecule has 3 aromatic rings. The van der Waals surface area contributed by atoms with Gasteiger partial charge in [0.2, 0.25) is 5.91 Å². The number of hydrogen-bond donors (Lipinski definition) is 3. The third-order valence-electron chi connectivity index (χ3n) is 5.47. The van der Waals surface area contributed by atoms with Crippen LogP contribution in [-0.2, 0) is 9.59 Å². The van der Waals surface area contributed by atoms with E-state index in [4.69, 9.17) is 4.42 Å². The molecular weight excluding hydrogens is 494 g/mol. The molecular formula is C26H21N5O5S. The topological polar surface area (TPSA) is 150 Å². The average molecular weight is 516 g/mol. The SMILES string of the molecule is CC1=C(C(=O)Nc2ccccc2)[C@@H](c2ccco2)C(C#N)=C(SCC(=O)Nc2ccccc2[N+](=O)[O-])N1. The molecule has 37 heavy (non-hydrogen) atoms. The molecule has 1 aliphatic rings. The molecule has 1 aromatic heterocycles. The highest BCUT2D eigenvalue weighted by Crippen LogP contribution is 2.41. The average Bonchev–Trinajstić information content (AvgIpc) is 3.42. The standard InChI is InChI=1S/C26H21N5O5S/c1-16-23(25(33)29-17-8-3-2-4-9-17)24(21-12-7-13-36-21)18(14-27)26(28-16)37-15-22(32)30-19-10-5-6-11-20(19)31(34)35/h2-13,24,28H,15H2,1H3,(H,29,33)(H,30,32)/t24-/m1/s1. The number of dihydropyridines is 1. The quantitative estimate of drug-likeness (QED) is 0.283. The number of anilines is 2. The number of amides is 2. The van der Waals surface area contributed by atoms with Gasteiger partial charge in [-0.05, 0) is 37.3 Å². The lowest BCUT2D eigenvalue weighted by Crippen LogP contribution is -2.31. The van der Waals surface area contributed by atoms with Crippen LogP contribution < -0.4 is 16.0 Å². The number of carbonyl (C=O) groups excluding carboxylic acids is 2. The van der Waals surface area contributed by atoms with E-state index in [9.17, 15) is 25.0 Å². The Labute approximate surface area is 216 Å². The van der Waals surface area contributed by atoms with Crippen molar-refractivity contribution in [3.05, 3.63) is 111 Å². The Bertz CT molecular complexity index is 1440. The number of allylic oxidation sites excluding steroid dienone is 2. The van der Waals surface area contributed by atoms with Gasteiger partial charge >= 0.3 is 0 Å². The van der Waals surface area contributed by atoms with Crippen LogP contribution in [0.15, 0.2) is 99.3 Å². The molecule has 2 aromatic carbocycles. The van der Waals surface area contributed by atoms with E-state index in [-0.39, 0.29) is 22.7 Å².